The average molecular weight is 305 g/mol. The van der Waals surface area contributed by atoms with Gasteiger partial charge in [0.1, 0.15) is 5.82 Å². The normalized spacial score (nSPS) is 10.6. The van der Waals surface area contributed by atoms with E-state index in [1.807, 2.05) is 0 Å². The smallest absolute Gasteiger partial charge is 0.335 e. The maximum absolute atomic E-state index is 13.6. The minimum Gasteiger partial charge on any atom is -0.478 e. The zero-order valence-corrected chi connectivity index (χ0v) is 11.0. The van der Waals surface area contributed by atoms with Crippen LogP contribution in [-0.2, 0) is 0 Å². The van der Waals surface area contributed by atoms with Gasteiger partial charge in [0.2, 0.25) is 5.95 Å². The molecule has 1 aromatic carbocycles. The summed E-state index contributed by atoms with van der Waals surface area (Å²) in [4.78, 5) is 25.6. The molecule has 1 amide bonds. The van der Waals surface area contributed by atoms with Crippen LogP contribution in [0, 0.1) is 11.8 Å². The van der Waals surface area contributed by atoms with Gasteiger partial charge in [0, 0.05) is 23.4 Å². The van der Waals surface area contributed by atoms with Crippen molar-refractivity contribution in [2.24, 2.45) is 5.10 Å². The van der Waals surface area contributed by atoms with Crippen molar-refractivity contribution in [1.29, 1.82) is 0 Å². The van der Waals surface area contributed by atoms with Crippen LogP contribution in [0.5, 0.6) is 0 Å². The topological polar surface area (TPSA) is 91.6 Å². The second-order valence-corrected chi connectivity index (χ2v) is 4.11. The summed E-state index contributed by atoms with van der Waals surface area (Å²) in [5, 5.41) is 12.2. The van der Waals surface area contributed by atoms with Crippen LogP contribution in [0.3, 0.4) is 0 Å². The molecule has 1 heterocycles. The number of amides is 1. The average Bonchev–Trinajstić information content (AvgIpc) is 2.48. The van der Waals surface area contributed by atoms with Gasteiger partial charge < -0.3 is 5.11 Å². The van der Waals surface area contributed by atoms with E-state index in [9.17, 15) is 18.4 Å². The third kappa shape index (κ3) is 3.69. The monoisotopic (exact) mass is 305 g/mol. The van der Waals surface area contributed by atoms with E-state index in [0.29, 0.717) is 0 Å². The van der Waals surface area contributed by atoms with Crippen LogP contribution in [0.4, 0.5) is 8.78 Å². The zero-order valence-electron chi connectivity index (χ0n) is 11.0. The van der Waals surface area contributed by atoms with Crippen LogP contribution >= 0.6 is 0 Å². The number of hydrogen-bond donors (Lipinski definition) is 2. The second-order valence-electron chi connectivity index (χ2n) is 4.11. The van der Waals surface area contributed by atoms with E-state index in [4.69, 9.17) is 5.11 Å². The first-order valence-corrected chi connectivity index (χ1v) is 5.95. The molecule has 6 nitrogen and oxygen atoms in total. The SMILES string of the molecule is O=C(O)c1ccc(C=NNC(=O)c2ccnc(F)c2)c(F)c1. The lowest BCUT2D eigenvalue weighted by Crippen LogP contribution is -2.18. The number of carboxylic acids is 1. The number of rotatable bonds is 4. The molecule has 0 aliphatic rings. The summed E-state index contributed by atoms with van der Waals surface area (Å²) in [6, 6.07) is 5.46. The Labute approximate surface area is 123 Å². The van der Waals surface area contributed by atoms with Crippen LogP contribution < -0.4 is 5.43 Å². The van der Waals surface area contributed by atoms with Gasteiger partial charge in [0.15, 0.2) is 0 Å². The Kier molecular flexibility index (Phi) is 4.52. The van der Waals surface area contributed by atoms with Gasteiger partial charge in [-0.15, -0.1) is 0 Å². The molecule has 2 N–H and O–H groups in total. The fourth-order valence-corrected chi connectivity index (χ4v) is 1.53. The minimum atomic E-state index is -1.25. The summed E-state index contributed by atoms with van der Waals surface area (Å²) < 4.78 is 26.4. The van der Waals surface area contributed by atoms with E-state index in [1.54, 1.807) is 0 Å². The zero-order chi connectivity index (χ0) is 16.1. The lowest BCUT2D eigenvalue weighted by atomic mass is 10.1. The molecule has 0 atom stereocenters. The van der Waals surface area contributed by atoms with Crippen molar-refractivity contribution in [3.05, 3.63) is 65.0 Å². The molecule has 0 saturated heterocycles. The molecule has 2 aromatic rings. The summed E-state index contributed by atoms with van der Waals surface area (Å²) in [5.74, 6) is -3.56. The minimum absolute atomic E-state index is 0.00588. The number of halogens is 2. The molecule has 0 saturated carbocycles. The molecule has 0 spiro atoms. The summed E-state index contributed by atoms with van der Waals surface area (Å²) in [6.45, 7) is 0. The first kappa shape index (κ1) is 15.2. The molecule has 0 radical (unpaired) electrons. The highest BCUT2D eigenvalue weighted by Gasteiger charge is 2.08. The van der Waals surface area contributed by atoms with Crippen LogP contribution in [0.1, 0.15) is 26.3 Å². The molecule has 0 aliphatic carbocycles. The van der Waals surface area contributed by atoms with Gasteiger partial charge in [-0.3, -0.25) is 4.79 Å². The number of hydrazone groups is 1. The van der Waals surface area contributed by atoms with Crippen molar-refractivity contribution < 1.29 is 23.5 Å². The fourth-order valence-electron chi connectivity index (χ4n) is 1.53. The molecular weight excluding hydrogens is 296 g/mol. The number of benzene rings is 1. The number of nitrogens with zero attached hydrogens (tertiary/aromatic N) is 2. The molecule has 0 aliphatic heterocycles. The Morgan fingerprint density at radius 2 is 1.95 bits per heavy atom. The Morgan fingerprint density at radius 3 is 2.59 bits per heavy atom. The van der Waals surface area contributed by atoms with Crippen LogP contribution in [0.25, 0.3) is 0 Å². The summed E-state index contributed by atoms with van der Waals surface area (Å²) in [7, 11) is 0. The number of carbonyl (C=O) groups is 2. The van der Waals surface area contributed by atoms with Crippen molar-refractivity contribution >= 4 is 18.1 Å². The molecule has 0 fully saturated rings. The number of nitrogens with one attached hydrogen (secondary N) is 1. The number of carbonyl (C=O) groups excluding carboxylic acids is 1. The van der Waals surface area contributed by atoms with Crippen molar-refractivity contribution in [2.45, 2.75) is 0 Å². The van der Waals surface area contributed by atoms with E-state index in [2.05, 4.69) is 15.5 Å². The van der Waals surface area contributed by atoms with Crippen molar-refractivity contribution in [1.82, 2.24) is 10.4 Å². The summed E-state index contributed by atoms with van der Waals surface area (Å²) in [5.41, 5.74) is 1.89. The van der Waals surface area contributed by atoms with Gasteiger partial charge in [0.05, 0.1) is 11.8 Å². The second kappa shape index (κ2) is 6.53. The number of aromatic carboxylic acids is 1. The lowest BCUT2D eigenvalue weighted by Gasteiger charge is -2.00. The maximum atomic E-state index is 13.6. The largest absolute Gasteiger partial charge is 0.478 e. The van der Waals surface area contributed by atoms with Gasteiger partial charge >= 0.3 is 5.97 Å². The van der Waals surface area contributed by atoms with Crippen LogP contribution in [-0.4, -0.2) is 28.2 Å². The maximum Gasteiger partial charge on any atom is 0.335 e. The molecule has 1 aromatic heterocycles. The highest BCUT2D eigenvalue weighted by atomic mass is 19.1. The van der Waals surface area contributed by atoms with E-state index < -0.39 is 23.6 Å². The third-order valence-electron chi connectivity index (χ3n) is 2.61. The number of hydrogen-bond acceptors (Lipinski definition) is 4. The first-order chi connectivity index (χ1) is 10.5. The predicted molar refractivity (Wildman–Crippen MR) is 72.6 cm³/mol. The highest BCUT2D eigenvalue weighted by Crippen LogP contribution is 2.08. The van der Waals surface area contributed by atoms with Gasteiger partial charge in [0.25, 0.3) is 5.91 Å². The molecule has 22 heavy (non-hydrogen) atoms. The number of carboxylic acid groups (broad SMARTS) is 1. The van der Waals surface area contributed by atoms with Crippen molar-refractivity contribution in [3.8, 4) is 0 Å². The molecule has 0 unspecified atom stereocenters. The fraction of sp³-hybridized carbons (Fsp3) is 0. The Morgan fingerprint density at radius 1 is 1.18 bits per heavy atom. The highest BCUT2D eigenvalue weighted by molar-refractivity contribution is 5.95. The number of aromatic nitrogens is 1. The molecule has 2 rings (SSSR count). The third-order valence-corrected chi connectivity index (χ3v) is 2.61. The molecule has 8 heteroatoms. The van der Waals surface area contributed by atoms with Crippen molar-refractivity contribution in [2.75, 3.05) is 0 Å². The van der Waals surface area contributed by atoms with E-state index >= 15 is 0 Å². The van der Waals surface area contributed by atoms with E-state index in [-0.39, 0.29) is 16.7 Å². The molecular formula is C14H9F2N3O3. The summed E-state index contributed by atoms with van der Waals surface area (Å²) in [6.07, 6.45) is 2.13. The van der Waals surface area contributed by atoms with E-state index in [1.165, 1.54) is 18.2 Å². The lowest BCUT2D eigenvalue weighted by molar-refractivity contribution is 0.0696. The quantitative estimate of drug-likeness (QED) is 0.512. The van der Waals surface area contributed by atoms with Gasteiger partial charge in [-0.2, -0.15) is 9.49 Å². The van der Waals surface area contributed by atoms with Gasteiger partial charge in [-0.1, -0.05) is 0 Å². The summed E-state index contributed by atoms with van der Waals surface area (Å²) >= 11 is 0. The molecule has 112 valence electrons. The van der Waals surface area contributed by atoms with Crippen molar-refractivity contribution in [3.63, 3.8) is 0 Å². The van der Waals surface area contributed by atoms with Crippen LogP contribution in [0.2, 0.25) is 0 Å². The Hall–Kier alpha value is -3.16. The molecule has 0 bridgehead atoms. The number of pyridine rings is 1. The van der Waals surface area contributed by atoms with Gasteiger partial charge in [-0.25, -0.2) is 19.6 Å². The van der Waals surface area contributed by atoms with Crippen LogP contribution in [0.15, 0.2) is 41.6 Å². The Balaban J connectivity index is 2.06. The standard InChI is InChI=1S/C14H9F2N3O3/c15-11-5-9(14(21)22)1-2-10(11)7-18-19-13(20)8-3-4-17-12(16)6-8/h1-7H,(H,19,20)(H,21,22). The van der Waals surface area contributed by atoms with E-state index in [0.717, 1.165) is 24.5 Å². The van der Waals surface area contributed by atoms with Gasteiger partial charge in [-0.05, 0) is 24.3 Å². The Bertz CT molecular complexity index is 763. The predicted octanol–water partition coefficient (Wildman–Crippen LogP) is 1.82. The first-order valence-electron chi connectivity index (χ1n) is 5.95.